The lowest BCUT2D eigenvalue weighted by molar-refractivity contribution is -0.329. The van der Waals surface area contributed by atoms with E-state index in [1.54, 1.807) is 31.2 Å². The Balaban J connectivity index is 1.34. The van der Waals surface area contributed by atoms with E-state index in [1.165, 1.54) is 6.92 Å². The Hall–Kier alpha value is -2.93. The number of Topliss-reactive ketones (excluding diaryl/α,β-unsaturated/α-hetero) is 2. The molecule has 2 aliphatic heterocycles. The lowest BCUT2D eigenvalue weighted by Gasteiger charge is -2.43. The summed E-state index contributed by atoms with van der Waals surface area (Å²) in [4.78, 5) is 62.1. The first-order valence-corrected chi connectivity index (χ1v) is 21.7. The topological polar surface area (TPSA) is 300 Å². The number of ketones is 2. The van der Waals surface area contributed by atoms with E-state index < -0.39 is 80.4 Å². The van der Waals surface area contributed by atoms with E-state index in [-0.39, 0.29) is 84.8 Å². The summed E-state index contributed by atoms with van der Waals surface area (Å²) in [7, 11) is 0. The minimum Gasteiger partial charge on any atom is -0.462 e. The number of hydrogen-bond acceptors (Lipinski definition) is 18. The standard InChI is InChI=1S/C38H59N3O16S2/c1-3-23(28(47)10-24(21(2)44)13-41-32(50)19-58-17-26(46)14-42)12-40-33(51)20-59-18-31(49)39-9-8-22-4-6-27(7-5-22)55-38-35(53)36(34(52)30(15-43)56-38)57-37-29(48)11-25(45)16-54-37/h4-7,23-26,29-30,34-38,42-43,45-46,48,52-53H,3,8-20H2,1-2H3,(H,39,49)(H,40,51)(H,41,50)/t23-,24-,25?,26?,29?,30?,34?,35?,36?,37?,38?/m0/s1. The van der Waals surface area contributed by atoms with Gasteiger partial charge in [-0.15, -0.1) is 23.5 Å². The number of hydrogen-bond donors (Lipinski definition) is 10. The van der Waals surface area contributed by atoms with Crippen molar-refractivity contribution < 1.29 is 78.7 Å². The zero-order chi connectivity index (χ0) is 43.5. The lowest BCUT2D eigenvalue weighted by atomic mass is 9.90. The molecule has 59 heavy (non-hydrogen) atoms. The molecule has 10 N–H and O–H groups in total. The number of thioether (sulfide) groups is 2. The third kappa shape index (κ3) is 17.5. The molecule has 1 aromatic rings. The highest BCUT2D eigenvalue weighted by molar-refractivity contribution is 8.00. The Morgan fingerprint density at radius 3 is 2.08 bits per heavy atom. The number of ether oxygens (including phenoxy) is 4. The third-order valence-corrected chi connectivity index (χ3v) is 11.6. The van der Waals surface area contributed by atoms with Crippen LogP contribution in [-0.2, 0) is 44.6 Å². The SMILES string of the molecule is CC[C@@H](CNC(=O)CSCC(=O)NCCc1ccc(OC2OC(CO)C(O)C(OC3OCC(O)CC3O)C2O)cc1)C(=O)C[C@@H](CNC(=O)CSCC(O)CO)C(C)=O. The van der Waals surface area contributed by atoms with Gasteiger partial charge in [0.05, 0.1) is 49.3 Å². The van der Waals surface area contributed by atoms with Crippen LogP contribution in [0.15, 0.2) is 24.3 Å². The van der Waals surface area contributed by atoms with Crippen LogP contribution in [0.1, 0.15) is 38.7 Å². The van der Waals surface area contributed by atoms with Crippen LogP contribution in [0, 0.1) is 11.8 Å². The Morgan fingerprint density at radius 2 is 1.49 bits per heavy atom. The van der Waals surface area contributed by atoms with Gasteiger partial charge in [-0.25, -0.2) is 0 Å². The first kappa shape index (κ1) is 50.4. The second kappa shape index (κ2) is 26.4. The molecule has 9 unspecified atom stereocenters. The zero-order valence-corrected chi connectivity index (χ0v) is 34.8. The number of rotatable bonds is 26. The minimum absolute atomic E-state index is 0.0142. The van der Waals surface area contributed by atoms with Crippen molar-refractivity contribution in [2.75, 3.05) is 62.5 Å². The fraction of sp³-hybridized carbons (Fsp3) is 0.711. The van der Waals surface area contributed by atoms with Crippen LogP contribution < -0.4 is 20.7 Å². The summed E-state index contributed by atoms with van der Waals surface area (Å²) in [5.74, 6) is -2.24. The number of benzene rings is 1. The zero-order valence-electron chi connectivity index (χ0n) is 33.2. The van der Waals surface area contributed by atoms with Crippen LogP contribution in [0.3, 0.4) is 0 Å². The monoisotopic (exact) mass is 877 g/mol. The van der Waals surface area contributed by atoms with Crippen molar-refractivity contribution in [2.45, 2.75) is 94.8 Å². The average molecular weight is 878 g/mol. The maximum Gasteiger partial charge on any atom is 0.230 e. The summed E-state index contributed by atoms with van der Waals surface area (Å²) in [5.41, 5.74) is 0.843. The molecule has 0 saturated carbocycles. The number of nitrogens with one attached hydrogen (secondary N) is 3. The molecule has 11 atom stereocenters. The van der Waals surface area contributed by atoms with Crippen molar-refractivity contribution in [3.8, 4) is 5.75 Å². The summed E-state index contributed by atoms with van der Waals surface area (Å²) in [6.45, 7) is 2.34. The maximum atomic E-state index is 13.0. The van der Waals surface area contributed by atoms with Gasteiger partial charge in [0.1, 0.15) is 47.8 Å². The fourth-order valence-corrected chi connectivity index (χ4v) is 7.50. The Morgan fingerprint density at radius 1 is 0.864 bits per heavy atom. The van der Waals surface area contributed by atoms with Crippen LogP contribution in [0.4, 0.5) is 0 Å². The van der Waals surface area contributed by atoms with E-state index in [1.807, 2.05) is 0 Å². The van der Waals surface area contributed by atoms with E-state index in [2.05, 4.69) is 16.0 Å². The van der Waals surface area contributed by atoms with Crippen LogP contribution >= 0.6 is 23.5 Å². The summed E-state index contributed by atoms with van der Waals surface area (Å²) in [6.07, 6.45) is -10.4. The molecule has 334 valence electrons. The lowest BCUT2D eigenvalue weighted by Crippen LogP contribution is -2.62. The van der Waals surface area contributed by atoms with Crippen LogP contribution in [0.5, 0.6) is 5.75 Å². The second-order valence-electron chi connectivity index (χ2n) is 14.4. The van der Waals surface area contributed by atoms with Gasteiger partial charge in [0.15, 0.2) is 6.29 Å². The van der Waals surface area contributed by atoms with E-state index in [0.29, 0.717) is 25.1 Å². The van der Waals surface area contributed by atoms with Gasteiger partial charge in [-0.1, -0.05) is 19.1 Å². The highest BCUT2D eigenvalue weighted by Crippen LogP contribution is 2.29. The molecule has 1 aromatic carbocycles. The highest BCUT2D eigenvalue weighted by Gasteiger charge is 2.48. The van der Waals surface area contributed by atoms with Gasteiger partial charge in [-0.2, -0.15) is 0 Å². The van der Waals surface area contributed by atoms with E-state index in [9.17, 15) is 54.6 Å². The minimum atomic E-state index is -1.55. The predicted molar refractivity (Wildman–Crippen MR) is 214 cm³/mol. The van der Waals surface area contributed by atoms with Crippen LogP contribution in [0.2, 0.25) is 0 Å². The van der Waals surface area contributed by atoms with Gasteiger partial charge in [-0.3, -0.25) is 24.0 Å². The van der Waals surface area contributed by atoms with Gasteiger partial charge in [0, 0.05) is 50.1 Å². The van der Waals surface area contributed by atoms with E-state index >= 15 is 0 Å². The molecular weight excluding hydrogens is 819 g/mol. The average Bonchev–Trinajstić information content (AvgIpc) is 3.20. The van der Waals surface area contributed by atoms with Gasteiger partial charge >= 0.3 is 0 Å². The summed E-state index contributed by atoms with van der Waals surface area (Å²) >= 11 is 2.24. The Bertz CT molecular complexity index is 1480. The van der Waals surface area contributed by atoms with Crippen molar-refractivity contribution in [3.05, 3.63) is 29.8 Å². The molecule has 21 heteroatoms. The van der Waals surface area contributed by atoms with Gasteiger partial charge in [0.2, 0.25) is 24.0 Å². The number of carbonyl (C=O) groups is 5. The number of aliphatic hydroxyl groups is 7. The largest absolute Gasteiger partial charge is 0.462 e. The molecule has 2 fully saturated rings. The first-order valence-electron chi connectivity index (χ1n) is 19.4. The Labute approximate surface area is 351 Å². The van der Waals surface area contributed by atoms with Crippen LogP contribution in [0.25, 0.3) is 0 Å². The molecule has 3 rings (SSSR count). The Kier molecular flexibility index (Phi) is 22.6. The smallest absolute Gasteiger partial charge is 0.230 e. The maximum absolute atomic E-state index is 13.0. The normalized spacial score (nSPS) is 25.9. The van der Waals surface area contributed by atoms with Crippen molar-refractivity contribution >= 4 is 52.8 Å². The molecule has 0 aliphatic carbocycles. The van der Waals surface area contributed by atoms with Gasteiger partial charge in [-0.05, 0) is 37.5 Å². The van der Waals surface area contributed by atoms with Gasteiger partial charge < -0.3 is 70.6 Å². The molecule has 0 spiro atoms. The van der Waals surface area contributed by atoms with E-state index in [0.717, 1.165) is 29.1 Å². The van der Waals surface area contributed by atoms with Crippen LogP contribution in [-0.4, -0.2) is 183 Å². The van der Waals surface area contributed by atoms with Crippen molar-refractivity contribution in [2.24, 2.45) is 11.8 Å². The number of aliphatic hydroxyl groups excluding tert-OH is 7. The van der Waals surface area contributed by atoms with Crippen molar-refractivity contribution in [3.63, 3.8) is 0 Å². The molecule has 2 heterocycles. The molecule has 2 aliphatic rings. The molecule has 19 nitrogen and oxygen atoms in total. The summed E-state index contributed by atoms with van der Waals surface area (Å²) in [6, 6.07) is 6.70. The molecule has 0 radical (unpaired) electrons. The fourth-order valence-electron chi connectivity index (χ4n) is 6.04. The quantitative estimate of drug-likeness (QED) is 0.0452. The second-order valence-corrected chi connectivity index (χ2v) is 16.4. The molecule has 0 aromatic heterocycles. The molecule has 2 saturated heterocycles. The molecule has 0 bridgehead atoms. The van der Waals surface area contributed by atoms with Crippen molar-refractivity contribution in [1.29, 1.82) is 0 Å². The van der Waals surface area contributed by atoms with Gasteiger partial charge in [0.25, 0.3) is 0 Å². The number of carbonyl (C=O) groups excluding carboxylic acids is 5. The highest BCUT2D eigenvalue weighted by atomic mass is 32.2. The predicted octanol–water partition coefficient (Wildman–Crippen LogP) is -2.74. The molecule has 3 amide bonds. The molecular formula is C38H59N3O16S2. The third-order valence-electron chi connectivity index (χ3n) is 9.59. The van der Waals surface area contributed by atoms with E-state index in [4.69, 9.17) is 24.1 Å². The number of amides is 3. The summed E-state index contributed by atoms with van der Waals surface area (Å²) in [5, 5.41) is 77.6. The summed E-state index contributed by atoms with van der Waals surface area (Å²) < 4.78 is 22.3. The van der Waals surface area contributed by atoms with Crippen molar-refractivity contribution in [1.82, 2.24) is 16.0 Å². The first-order chi connectivity index (χ1) is 28.1.